The van der Waals surface area contributed by atoms with Crippen molar-refractivity contribution >= 4 is 11.3 Å². The van der Waals surface area contributed by atoms with Gasteiger partial charge in [0, 0.05) is 11.8 Å². The number of nitrogens with zero attached hydrogens (tertiary/aromatic N) is 1. The van der Waals surface area contributed by atoms with Crippen LogP contribution in [-0.2, 0) is 13.0 Å². The molecule has 0 fully saturated rings. The number of aliphatic hydroxyl groups excluding tert-OH is 1. The molecule has 0 aliphatic heterocycles. The number of aryl methyl sites for hydroxylation is 3. The molecule has 0 amide bonds. The third kappa shape index (κ3) is 4.04. The van der Waals surface area contributed by atoms with Crippen molar-refractivity contribution in [3.8, 4) is 5.75 Å². The summed E-state index contributed by atoms with van der Waals surface area (Å²) < 4.78 is 5.77. The van der Waals surface area contributed by atoms with Crippen molar-refractivity contribution in [2.45, 2.75) is 33.3 Å². The van der Waals surface area contributed by atoms with Crippen LogP contribution in [0.1, 0.15) is 28.2 Å². The molecular weight excluding hydrogens is 258 g/mol. The van der Waals surface area contributed by atoms with Crippen molar-refractivity contribution < 1.29 is 9.84 Å². The van der Waals surface area contributed by atoms with Crippen LogP contribution in [0.5, 0.6) is 5.75 Å². The van der Waals surface area contributed by atoms with Gasteiger partial charge in [-0.05, 0) is 31.9 Å². The predicted octanol–water partition coefficient (Wildman–Crippen LogP) is 3.26. The van der Waals surface area contributed by atoms with Crippen molar-refractivity contribution in [1.29, 1.82) is 0 Å². The van der Waals surface area contributed by atoms with Crippen LogP contribution < -0.4 is 4.74 Å². The molecule has 0 aliphatic rings. The Balaban J connectivity index is 1.77. The van der Waals surface area contributed by atoms with Crippen molar-refractivity contribution in [2.24, 2.45) is 0 Å². The molecule has 0 bridgehead atoms. The van der Waals surface area contributed by atoms with Gasteiger partial charge in [0.1, 0.15) is 5.75 Å². The SMILES string of the molecule is Cc1ccc(OCCCc2nc(CO)cs2)c(C)c1. The third-order valence-corrected chi connectivity index (χ3v) is 3.84. The second-order valence-electron chi connectivity index (χ2n) is 4.61. The molecular formula is C15H19NO2S. The molecule has 0 saturated carbocycles. The van der Waals surface area contributed by atoms with E-state index in [0.29, 0.717) is 6.61 Å². The van der Waals surface area contributed by atoms with Crippen LogP contribution in [0.15, 0.2) is 23.6 Å². The summed E-state index contributed by atoms with van der Waals surface area (Å²) in [6.07, 6.45) is 1.83. The fourth-order valence-electron chi connectivity index (χ4n) is 1.90. The molecule has 0 radical (unpaired) electrons. The van der Waals surface area contributed by atoms with E-state index in [4.69, 9.17) is 9.84 Å². The van der Waals surface area contributed by atoms with Crippen molar-refractivity contribution in [1.82, 2.24) is 4.98 Å². The Kier molecular flexibility index (Phi) is 4.93. The molecule has 2 rings (SSSR count). The van der Waals surface area contributed by atoms with E-state index in [2.05, 4.69) is 31.0 Å². The van der Waals surface area contributed by atoms with E-state index in [1.165, 1.54) is 11.1 Å². The first-order chi connectivity index (χ1) is 9.19. The minimum Gasteiger partial charge on any atom is -0.493 e. The summed E-state index contributed by atoms with van der Waals surface area (Å²) >= 11 is 1.60. The highest BCUT2D eigenvalue weighted by molar-refractivity contribution is 7.09. The fourth-order valence-corrected chi connectivity index (χ4v) is 2.73. The maximum absolute atomic E-state index is 8.94. The second kappa shape index (κ2) is 6.68. The van der Waals surface area contributed by atoms with Gasteiger partial charge in [-0.25, -0.2) is 4.98 Å². The molecule has 0 unspecified atom stereocenters. The Labute approximate surface area is 117 Å². The average Bonchev–Trinajstić information content (AvgIpc) is 2.84. The van der Waals surface area contributed by atoms with Crippen LogP contribution in [0.25, 0.3) is 0 Å². The normalized spacial score (nSPS) is 10.7. The summed E-state index contributed by atoms with van der Waals surface area (Å²) in [7, 11) is 0. The van der Waals surface area contributed by atoms with Crippen LogP contribution in [0, 0.1) is 13.8 Å². The summed E-state index contributed by atoms with van der Waals surface area (Å²) in [5.41, 5.74) is 3.19. The van der Waals surface area contributed by atoms with E-state index in [0.717, 1.165) is 29.3 Å². The van der Waals surface area contributed by atoms with Crippen LogP contribution in [0.2, 0.25) is 0 Å². The maximum Gasteiger partial charge on any atom is 0.122 e. The molecule has 2 aromatic rings. The molecule has 1 aromatic carbocycles. The zero-order chi connectivity index (χ0) is 13.7. The first kappa shape index (κ1) is 14.0. The lowest BCUT2D eigenvalue weighted by atomic mass is 10.1. The number of aliphatic hydroxyl groups is 1. The number of rotatable bonds is 6. The highest BCUT2D eigenvalue weighted by Gasteiger charge is 2.02. The summed E-state index contributed by atoms with van der Waals surface area (Å²) in [5.74, 6) is 0.959. The Morgan fingerprint density at radius 1 is 1.32 bits per heavy atom. The van der Waals surface area contributed by atoms with Crippen molar-refractivity contribution in [3.63, 3.8) is 0 Å². The van der Waals surface area contributed by atoms with Crippen LogP contribution in [0.3, 0.4) is 0 Å². The Morgan fingerprint density at radius 2 is 2.16 bits per heavy atom. The van der Waals surface area contributed by atoms with E-state index >= 15 is 0 Å². The fraction of sp³-hybridized carbons (Fsp3) is 0.400. The molecule has 0 atom stereocenters. The zero-order valence-electron chi connectivity index (χ0n) is 11.3. The minimum atomic E-state index is 0.0234. The molecule has 0 saturated heterocycles. The number of thiazole rings is 1. The smallest absolute Gasteiger partial charge is 0.122 e. The molecule has 102 valence electrons. The van der Waals surface area contributed by atoms with Gasteiger partial charge in [0.25, 0.3) is 0 Å². The number of aromatic nitrogens is 1. The maximum atomic E-state index is 8.94. The van der Waals surface area contributed by atoms with E-state index in [1.54, 1.807) is 11.3 Å². The van der Waals surface area contributed by atoms with E-state index in [1.807, 2.05) is 11.4 Å². The van der Waals surface area contributed by atoms with E-state index in [9.17, 15) is 0 Å². The molecule has 0 spiro atoms. The average molecular weight is 277 g/mol. The highest BCUT2D eigenvalue weighted by atomic mass is 32.1. The van der Waals surface area contributed by atoms with Crippen LogP contribution in [-0.4, -0.2) is 16.7 Å². The molecule has 4 heteroatoms. The van der Waals surface area contributed by atoms with E-state index < -0.39 is 0 Å². The second-order valence-corrected chi connectivity index (χ2v) is 5.55. The van der Waals surface area contributed by atoms with Gasteiger partial charge in [0.2, 0.25) is 0 Å². The molecule has 1 aromatic heterocycles. The van der Waals surface area contributed by atoms with Gasteiger partial charge in [-0.3, -0.25) is 0 Å². The Hall–Kier alpha value is -1.39. The van der Waals surface area contributed by atoms with Crippen molar-refractivity contribution in [2.75, 3.05) is 6.61 Å². The number of ether oxygens (including phenoxy) is 1. The lowest BCUT2D eigenvalue weighted by Crippen LogP contribution is -2.01. The van der Waals surface area contributed by atoms with Crippen LogP contribution in [0.4, 0.5) is 0 Å². The van der Waals surface area contributed by atoms with Gasteiger partial charge >= 0.3 is 0 Å². The minimum absolute atomic E-state index is 0.0234. The topological polar surface area (TPSA) is 42.4 Å². The predicted molar refractivity (Wildman–Crippen MR) is 77.8 cm³/mol. The molecule has 0 aliphatic carbocycles. The standard InChI is InChI=1S/C15H19NO2S/c1-11-5-6-14(12(2)8-11)18-7-3-4-15-16-13(9-17)10-19-15/h5-6,8,10,17H,3-4,7,9H2,1-2H3. The van der Waals surface area contributed by atoms with Crippen LogP contribution >= 0.6 is 11.3 Å². The van der Waals surface area contributed by atoms with Crippen molar-refractivity contribution in [3.05, 3.63) is 45.4 Å². The first-order valence-corrected chi connectivity index (χ1v) is 7.31. The van der Waals surface area contributed by atoms with Gasteiger partial charge in [-0.15, -0.1) is 11.3 Å². The van der Waals surface area contributed by atoms with Gasteiger partial charge in [0.05, 0.1) is 23.9 Å². The Bertz CT molecular complexity index is 537. The largest absolute Gasteiger partial charge is 0.493 e. The molecule has 1 heterocycles. The zero-order valence-corrected chi connectivity index (χ0v) is 12.2. The number of hydrogen-bond acceptors (Lipinski definition) is 4. The quantitative estimate of drug-likeness (QED) is 0.824. The summed E-state index contributed by atoms with van der Waals surface area (Å²) in [6, 6.07) is 6.22. The molecule has 19 heavy (non-hydrogen) atoms. The third-order valence-electron chi connectivity index (χ3n) is 2.88. The summed E-state index contributed by atoms with van der Waals surface area (Å²) in [4.78, 5) is 4.32. The van der Waals surface area contributed by atoms with E-state index in [-0.39, 0.29) is 6.61 Å². The van der Waals surface area contributed by atoms with Gasteiger partial charge < -0.3 is 9.84 Å². The van der Waals surface area contributed by atoms with Gasteiger partial charge in [0.15, 0.2) is 0 Å². The Morgan fingerprint density at radius 3 is 2.84 bits per heavy atom. The lowest BCUT2D eigenvalue weighted by molar-refractivity contribution is 0.277. The lowest BCUT2D eigenvalue weighted by Gasteiger charge is -2.09. The van der Waals surface area contributed by atoms with Gasteiger partial charge in [-0.2, -0.15) is 0 Å². The van der Waals surface area contributed by atoms with Gasteiger partial charge in [-0.1, -0.05) is 17.7 Å². The molecule has 3 nitrogen and oxygen atoms in total. The summed E-state index contributed by atoms with van der Waals surface area (Å²) in [5, 5.41) is 11.9. The summed E-state index contributed by atoms with van der Waals surface area (Å²) in [6.45, 7) is 4.86. The number of benzene rings is 1. The highest BCUT2D eigenvalue weighted by Crippen LogP contribution is 2.19. The molecule has 1 N–H and O–H groups in total. The first-order valence-electron chi connectivity index (χ1n) is 6.43. The monoisotopic (exact) mass is 277 g/mol. The number of hydrogen-bond donors (Lipinski definition) is 1.